The highest BCUT2D eigenvalue weighted by Gasteiger charge is 1.98. The summed E-state index contributed by atoms with van der Waals surface area (Å²) in [5, 5.41) is 13.0. The Balaban J connectivity index is 2.53. The number of hydrogen-bond acceptors (Lipinski definition) is 3. The maximum absolute atomic E-state index is 9.02. The number of nitrogen functional groups attached to an aromatic ring is 1. The molecule has 0 amide bonds. The highest BCUT2D eigenvalue weighted by atomic mass is 16.3. The molecule has 0 radical (unpaired) electrons. The maximum Gasteiger partial charge on any atom is 0.0724 e. The average Bonchev–Trinajstić information content (AvgIpc) is 2.65. The summed E-state index contributed by atoms with van der Waals surface area (Å²) in [7, 11) is 0. The average molecular weight is 190 g/mol. The van der Waals surface area contributed by atoms with Crippen molar-refractivity contribution in [2.45, 2.75) is 6.61 Å². The van der Waals surface area contributed by atoms with Gasteiger partial charge in [0.25, 0.3) is 0 Å². The number of aromatic nitrogens is 2. The first-order chi connectivity index (χ1) is 7.22. The van der Waals surface area contributed by atoms with E-state index in [4.69, 9.17) is 12.2 Å². The second-order valence-corrected chi connectivity index (χ2v) is 2.94. The summed E-state index contributed by atoms with van der Waals surface area (Å²) in [5.41, 5.74) is 7.27. The van der Waals surface area contributed by atoms with Crippen molar-refractivity contribution in [2.75, 3.05) is 5.73 Å². The second-order valence-electron chi connectivity index (χ2n) is 2.94. The summed E-state index contributed by atoms with van der Waals surface area (Å²) >= 11 is 0. The zero-order valence-electron chi connectivity index (χ0n) is 8.51. The standard InChI is InChI=1S/C10H11N3O/c11-9-5-12-13(6-9)10-3-1-2-8(4-10)7-14/h1-6,14H,7,11H2/i4D. The molecule has 1 aromatic heterocycles. The van der Waals surface area contributed by atoms with Crippen LogP contribution < -0.4 is 5.73 Å². The van der Waals surface area contributed by atoms with Gasteiger partial charge in [-0.2, -0.15) is 5.10 Å². The molecule has 0 atom stereocenters. The van der Waals surface area contributed by atoms with Crippen molar-refractivity contribution in [1.82, 2.24) is 9.78 Å². The number of aliphatic hydroxyl groups excluding tert-OH is 1. The Morgan fingerprint density at radius 1 is 1.57 bits per heavy atom. The van der Waals surface area contributed by atoms with Gasteiger partial charge in [-0.3, -0.25) is 0 Å². The highest BCUT2D eigenvalue weighted by molar-refractivity contribution is 5.39. The van der Waals surface area contributed by atoms with Crippen molar-refractivity contribution in [3.8, 4) is 5.69 Å². The molecule has 4 heteroatoms. The zero-order chi connectivity index (χ0) is 10.8. The molecule has 0 aliphatic heterocycles. The molecule has 0 saturated heterocycles. The molecule has 1 aromatic carbocycles. The number of nitrogens with zero attached hydrogens (tertiary/aromatic N) is 2. The van der Waals surface area contributed by atoms with Crippen LogP contribution in [0, 0.1) is 0 Å². The van der Waals surface area contributed by atoms with Gasteiger partial charge in [0, 0.05) is 0 Å². The fourth-order valence-corrected chi connectivity index (χ4v) is 1.20. The third-order valence-electron chi connectivity index (χ3n) is 1.86. The number of hydrogen-bond donors (Lipinski definition) is 2. The summed E-state index contributed by atoms with van der Waals surface area (Å²) in [6.45, 7) is -0.149. The van der Waals surface area contributed by atoms with Crippen LogP contribution in [0.4, 0.5) is 5.69 Å². The smallest absolute Gasteiger partial charge is 0.0724 e. The van der Waals surface area contributed by atoms with Gasteiger partial charge in [0.05, 0.1) is 31.7 Å². The maximum atomic E-state index is 9.02. The van der Waals surface area contributed by atoms with E-state index in [2.05, 4.69) is 5.10 Å². The van der Waals surface area contributed by atoms with Crippen molar-refractivity contribution >= 4 is 5.69 Å². The van der Waals surface area contributed by atoms with Crippen molar-refractivity contribution in [1.29, 1.82) is 0 Å². The van der Waals surface area contributed by atoms with Gasteiger partial charge in [-0.15, -0.1) is 0 Å². The molecule has 0 spiro atoms. The van der Waals surface area contributed by atoms with E-state index in [1.54, 1.807) is 24.4 Å². The summed E-state index contributed by atoms with van der Waals surface area (Å²) < 4.78 is 9.36. The number of rotatable bonds is 2. The van der Waals surface area contributed by atoms with E-state index >= 15 is 0 Å². The van der Waals surface area contributed by atoms with Crippen molar-refractivity contribution in [3.05, 3.63) is 42.2 Å². The van der Waals surface area contributed by atoms with Crippen LogP contribution in [0.15, 0.2) is 36.6 Å². The lowest BCUT2D eigenvalue weighted by atomic mass is 10.2. The van der Waals surface area contributed by atoms with E-state index in [0.717, 1.165) is 0 Å². The first-order valence-corrected chi connectivity index (χ1v) is 4.22. The Morgan fingerprint density at radius 2 is 2.43 bits per heavy atom. The molecule has 2 rings (SSSR count). The first-order valence-electron chi connectivity index (χ1n) is 4.72. The second kappa shape index (κ2) is 3.51. The Hall–Kier alpha value is -1.81. The number of benzene rings is 1. The van der Waals surface area contributed by atoms with Gasteiger partial charge in [0.15, 0.2) is 0 Å². The molecule has 0 bridgehead atoms. The van der Waals surface area contributed by atoms with Crippen LogP contribution in [0.1, 0.15) is 6.93 Å². The van der Waals surface area contributed by atoms with E-state index in [9.17, 15) is 0 Å². The number of anilines is 1. The molecule has 1 heterocycles. The molecule has 0 aliphatic carbocycles. The van der Waals surface area contributed by atoms with Gasteiger partial charge in [-0.05, 0) is 17.7 Å². The summed E-state index contributed by atoms with van der Waals surface area (Å²) in [5.74, 6) is 0. The Morgan fingerprint density at radius 3 is 3.07 bits per heavy atom. The lowest BCUT2D eigenvalue weighted by molar-refractivity contribution is 0.282. The minimum absolute atomic E-state index is 0.149. The molecular formula is C10H11N3O. The normalized spacial score (nSPS) is 11.4. The van der Waals surface area contributed by atoms with Crippen LogP contribution in [0.3, 0.4) is 0 Å². The van der Waals surface area contributed by atoms with Crippen LogP contribution in [0.25, 0.3) is 5.69 Å². The summed E-state index contributed by atoms with van der Waals surface area (Å²) in [4.78, 5) is 0. The molecule has 0 aliphatic rings. The largest absolute Gasteiger partial charge is 0.396 e. The van der Waals surface area contributed by atoms with Crippen LogP contribution in [0.2, 0.25) is 0 Å². The lowest BCUT2D eigenvalue weighted by Gasteiger charge is -2.02. The topological polar surface area (TPSA) is 64.1 Å². The zero-order valence-corrected chi connectivity index (χ0v) is 7.51. The number of aliphatic hydroxyl groups is 1. The van der Waals surface area contributed by atoms with E-state index < -0.39 is 0 Å². The summed E-state index contributed by atoms with van der Waals surface area (Å²) in [6.07, 6.45) is 3.15. The Labute approximate surface area is 83.0 Å². The highest BCUT2D eigenvalue weighted by Crippen LogP contribution is 2.11. The third-order valence-corrected chi connectivity index (χ3v) is 1.86. The fourth-order valence-electron chi connectivity index (χ4n) is 1.20. The SMILES string of the molecule is [2H]c1c(CO)cccc1-n1cc(N)cn1. The Kier molecular flexibility index (Phi) is 1.90. The molecule has 72 valence electrons. The minimum Gasteiger partial charge on any atom is -0.396 e. The van der Waals surface area contributed by atoms with Crippen molar-refractivity contribution in [2.24, 2.45) is 0 Å². The monoisotopic (exact) mass is 190 g/mol. The first kappa shape index (κ1) is 7.58. The van der Waals surface area contributed by atoms with E-state index in [1.165, 1.54) is 10.9 Å². The van der Waals surface area contributed by atoms with Gasteiger partial charge < -0.3 is 10.8 Å². The molecule has 2 aromatic rings. The predicted octanol–water partition coefficient (Wildman–Crippen LogP) is 0.947. The van der Waals surface area contributed by atoms with Crippen LogP contribution in [-0.4, -0.2) is 14.9 Å². The molecular weight excluding hydrogens is 178 g/mol. The van der Waals surface area contributed by atoms with Gasteiger partial charge >= 0.3 is 0 Å². The third kappa shape index (κ3) is 1.60. The van der Waals surface area contributed by atoms with Crippen LogP contribution >= 0.6 is 0 Å². The van der Waals surface area contributed by atoms with Crippen LogP contribution in [0.5, 0.6) is 0 Å². The van der Waals surface area contributed by atoms with Gasteiger partial charge in [-0.1, -0.05) is 12.1 Å². The quantitative estimate of drug-likeness (QED) is 0.741. The van der Waals surface area contributed by atoms with E-state index in [1.807, 2.05) is 0 Å². The molecule has 0 saturated carbocycles. The molecule has 0 fully saturated rings. The summed E-state index contributed by atoms with van der Waals surface area (Å²) in [6, 6.07) is 5.51. The van der Waals surface area contributed by atoms with Crippen molar-refractivity contribution < 1.29 is 6.48 Å². The van der Waals surface area contributed by atoms with Gasteiger partial charge in [0.2, 0.25) is 0 Å². The fraction of sp³-hybridized carbons (Fsp3) is 0.100. The predicted molar refractivity (Wildman–Crippen MR) is 53.9 cm³/mol. The van der Waals surface area contributed by atoms with E-state index in [-0.39, 0.29) is 12.6 Å². The Bertz CT molecular complexity index is 481. The minimum atomic E-state index is -0.149. The molecule has 4 nitrogen and oxygen atoms in total. The van der Waals surface area contributed by atoms with Crippen LogP contribution in [-0.2, 0) is 6.61 Å². The number of nitrogens with two attached hydrogens (primary N) is 1. The molecule has 0 unspecified atom stereocenters. The lowest BCUT2D eigenvalue weighted by Crippen LogP contribution is -1.95. The van der Waals surface area contributed by atoms with Gasteiger partial charge in [0.1, 0.15) is 0 Å². The van der Waals surface area contributed by atoms with Crippen molar-refractivity contribution in [3.63, 3.8) is 0 Å². The molecule has 14 heavy (non-hydrogen) atoms. The molecule has 3 N–H and O–H groups in total. The van der Waals surface area contributed by atoms with Gasteiger partial charge in [-0.25, -0.2) is 4.68 Å². The van der Waals surface area contributed by atoms with E-state index in [0.29, 0.717) is 16.9 Å².